The van der Waals surface area contributed by atoms with Crippen LogP contribution in [0.5, 0.6) is 0 Å². The lowest BCUT2D eigenvalue weighted by atomic mass is 9.75. The first-order chi connectivity index (χ1) is 18.2. The molecule has 3 atom stereocenters. The number of carbonyl (C=O) groups is 1. The van der Waals surface area contributed by atoms with Gasteiger partial charge >= 0.3 is 5.95 Å². The van der Waals surface area contributed by atoms with Gasteiger partial charge in [-0.3, -0.25) is 4.79 Å². The van der Waals surface area contributed by atoms with Gasteiger partial charge in [-0.15, -0.1) is 0 Å². The highest BCUT2D eigenvalue weighted by Crippen LogP contribution is 2.36. The van der Waals surface area contributed by atoms with Crippen LogP contribution in [0, 0.1) is 28.9 Å². The molecule has 2 heterocycles. The molecule has 10 nitrogen and oxygen atoms in total. The van der Waals surface area contributed by atoms with E-state index in [1.165, 1.54) is 29.8 Å². The van der Waals surface area contributed by atoms with Gasteiger partial charge < -0.3 is 15.0 Å². The van der Waals surface area contributed by atoms with Crippen molar-refractivity contribution < 1.29 is 18.1 Å². The number of sulfonamides is 1. The zero-order chi connectivity index (χ0) is 26.9. The van der Waals surface area contributed by atoms with Gasteiger partial charge in [-0.05, 0) is 53.5 Å². The second-order valence-electron chi connectivity index (χ2n) is 10.4. The molecule has 3 aromatic rings. The molecule has 3 unspecified atom stereocenters. The molecule has 1 aliphatic heterocycles. The summed E-state index contributed by atoms with van der Waals surface area (Å²) in [4.78, 5) is 30.2. The predicted octanol–water partition coefficient (Wildman–Crippen LogP) is 4.03. The molecule has 1 aromatic heterocycles. The molecule has 1 aliphatic carbocycles. The number of likely N-dealkylation sites (tertiary alicyclic amines) is 1. The fourth-order valence-electron chi connectivity index (χ4n) is 6.08. The quantitative estimate of drug-likeness (QED) is 0.340. The fourth-order valence-corrected chi connectivity index (χ4v) is 7.51. The number of nitrogens with one attached hydrogen (secondary N) is 1. The van der Waals surface area contributed by atoms with Crippen molar-refractivity contribution in [2.45, 2.75) is 62.9 Å². The molecular formula is C27H33N5O5S. The number of aryl methyl sites for hydroxylation is 2. The number of rotatable bonds is 8. The third-order valence-electron chi connectivity index (χ3n) is 8.11. The van der Waals surface area contributed by atoms with E-state index in [0.717, 1.165) is 30.2 Å². The first-order valence-electron chi connectivity index (χ1n) is 13.2. The van der Waals surface area contributed by atoms with E-state index in [-0.39, 0.29) is 29.7 Å². The lowest BCUT2D eigenvalue weighted by Gasteiger charge is -2.42. The summed E-state index contributed by atoms with van der Waals surface area (Å²) in [6, 6.07) is 9.54. The number of amides is 1. The van der Waals surface area contributed by atoms with Crippen LogP contribution >= 0.6 is 0 Å². The first-order valence-corrected chi connectivity index (χ1v) is 14.7. The smallest absolute Gasteiger partial charge is 0.390 e. The molecule has 1 saturated carbocycles. The Labute approximate surface area is 222 Å². The standard InChI is InChI=1S/C27H33N5O5S/c1-19-10-11-25(23-9-5-4-8-22(19)23)38(36,37)29-24(13-16-30-17-14-28-27(30)32(34)35)26(33)31-15-12-20-6-2-3-7-21(20)18-31/h4-5,8-11,14,17,20-21,24,29H,2-3,6-7,12-13,15-16,18H2,1H3. The van der Waals surface area contributed by atoms with E-state index >= 15 is 0 Å². The lowest BCUT2D eigenvalue weighted by Crippen LogP contribution is -2.53. The predicted molar refractivity (Wildman–Crippen MR) is 143 cm³/mol. The highest BCUT2D eigenvalue weighted by molar-refractivity contribution is 7.89. The second-order valence-corrected chi connectivity index (χ2v) is 12.1. The minimum Gasteiger partial charge on any atom is -0.390 e. The van der Waals surface area contributed by atoms with E-state index < -0.39 is 21.0 Å². The minimum absolute atomic E-state index is 0.0592. The van der Waals surface area contributed by atoms with Gasteiger partial charge in [-0.2, -0.15) is 4.72 Å². The second kappa shape index (κ2) is 10.8. The summed E-state index contributed by atoms with van der Waals surface area (Å²) in [6.45, 7) is 3.21. The normalized spacial score (nSPS) is 20.7. The number of benzene rings is 2. The maximum atomic E-state index is 13.8. The third kappa shape index (κ3) is 5.30. The van der Waals surface area contributed by atoms with E-state index in [9.17, 15) is 23.3 Å². The van der Waals surface area contributed by atoms with Crippen molar-refractivity contribution in [3.8, 4) is 0 Å². The number of carbonyl (C=O) groups excluding carboxylic acids is 1. The Balaban J connectivity index is 1.43. The van der Waals surface area contributed by atoms with Crippen molar-refractivity contribution in [3.63, 3.8) is 0 Å². The van der Waals surface area contributed by atoms with Crippen molar-refractivity contribution in [1.82, 2.24) is 19.2 Å². The maximum Gasteiger partial charge on any atom is 0.434 e. The monoisotopic (exact) mass is 539 g/mol. The molecular weight excluding hydrogens is 506 g/mol. The van der Waals surface area contributed by atoms with Crippen molar-refractivity contribution in [2.24, 2.45) is 11.8 Å². The number of fused-ring (bicyclic) bond motifs is 2. The summed E-state index contributed by atoms with van der Waals surface area (Å²) in [5, 5.41) is 12.8. The van der Waals surface area contributed by atoms with Gasteiger partial charge in [0.05, 0.1) is 11.4 Å². The summed E-state index contributed by atoms with van der Waals surface area (Å²) in [7, 11) is -4.08. The molecule has 11 heteroatoms. The molecule has 1 saturated heterocycles. The van der Waals surface area contributed by atoms with Gasteiger partial charge in [0.15, 0.2) is 0 Å². The van der Waals surface area contributed by atoms with Crippen molar-refractivity contribution in [3.05, 3.63) is 64.5 Å². The summed E-state index contributed by atoms with van der Waals surface area (Å²) in [6.07, 6.45) is 8.43. The largest absolute Gasteiger partial charge is 0.434 e. The van der Waals surface area contributed by atoms with Gasteiger partial charge in [0.2, 0.25) is 15.9 Å². The highest BCUT2D eigenvalue weighted by atomic mass is 32.2. The Morgan fingerprint density at radius 2 is 1.87 bits per heavy atom. The van der Waals surface area contributed by atoms with Crippen LogP contribution in [0.2, 0.25) is 0 Å². The zero-order valence-electron chi connectivity index (χ0n) is 21.5. The number of nitrogens with zero attached hydrogens (tertiary/aromatic N) is 4. The first kappa shape index (κ1) is 26.3. The van der Waals surface area contributed by atoms with Crippen LogP contribution in [0.3, 0.4) is 0 Å². The number of nitro groups is 1. The van der Waals surface area contributed by atoms with Crippen LogP contribution in [-0.2, 0) is 21.4 Å². The van der Waals surface area contributed by atoms with Gasteiger partial charge in [0.1, 0.15) is 18.4 Å². The number of aromatic nitrogens is 2. The number of imidazole rings is 1. The summed E-state index contributed by atoms with van der Waals surface area (Å²) in [5.74, 6) is 0.438. The molecule has 1 amide bonds. The van der Waals surface area contributed by atoms with Crippen molar-refractivity contribution >= 4 is 32.7 Å². The number of hydrogen-bond acceptors (Lipinski definition) is 6. The Bertz CT molecular complexity index is 1450. The topological polar surface area (TPSA) is 127 Å². The number of hydrogen-bond donors (Lipinski definition) is 1. The third-order valence-corrected chi connectivity index (χ3v) is 9.64. The van der Waals surface area contributed by atoms with Gasteiger partial charge in [-0.25, -0.2) is 13.0 Å². The molecule has 0 spiro atoms. The van der Waals surface area contributed by atoms with Crippen LogP contribution in [0.25, 0.3) is 10.8 Å². The van der Waals surface area contributed by atoms with E-state index in [4.69, 9.17) is 0 Å². The van der Waals surface area contributed by atoms with Crippen LogP contribution in [0.1, 0.15) is 44.1 Å². The van der Waals surface area contributed by atoms with Crippen LogP contribution in [-0.4, -0.2) is 52.8 Å². The minimum atomic E-state index is -4.08. The average molecular weight is 540 g/mol. The Kier molecular flexibility index (Phi) is 7.49. The Hall–Kier alpha value is -3.31. The van der Waals surface area contributed by atoms with Gasteiger partial charge in [-0.1, -0.05) is 54.6 Å². The van der Waals surface area contributed by atoms with Crippen molar-refractivity contribution in [1.29, 1.82) is 0 Å². The molecule has 1 N–H and O–H groups in total. The molecule has 0 bridgehead atoms. The SMILES string of the molecule is Cc1ccc(S(=O)(=O)NC(CCn2ccnc2[N+](=O)[O-])C(=O)N2CCC3CCCCC3C2)c2ccccc12. The van der Waals surface area contributed by atoms with Gasteiger partial charge in [0, 0.05) is 24.9 Å². The summed E-state index contributed by atoms with van der Waals surface area (Å²) >= 11 is 0. The maximum absolute atomic E-state index is 13.8. The van der Waals surface area contributed by atoms with Crippen LogP contribution in [0.15, 0.2) is 53.7 Å². The molecule has 202 valence electrons. The highest BCUT2D eigenvalue weighted by Gasteiger charge is 2.37. The molecule has 5 rings (SSSR count). The van der Waals surface area contributed by atoms with E-state index in [1.807, 2.05) is 19.1 Å². The van der Waals surface area contributed by atoms with Gasteiger partial charge in [0.25, 0.3) is 0 Å². The van der Waals surface area contributed by atoms with E-state index in [1.54, 1.807) is 29.2 Å². The summed E-state index contributed by atoms with van der Waals surface area (Å²) < 4.78 is 31.4. The summed E-state index contributed by atoms with van der Waals surface area (Å²) in [5.41, 5.74) is 0.954. The Morgan fingerprint density at radius 1 is 1.13 bits per heavy atom. The number of piperidine rings is 1. The van der Waals surface area contributed by atoms with Crippen molar-refractivity contribution in [2.75, 3.05) is 13.1 Å². The van der Waals surface area contributed by atoms with E-state index in [2.05, 4.69) is 9.71 Å². The fraction of sp³-hybridized carbons (Fsp3) is 0.481. The molecule has 0 radical (unpaired) electrons. The zero-order valence-corrected chi connectivity index (χ0v) is 22.3. The average Bonchev–Trinajstić information content (AvgIpc) is 3.40. The lowest BCUT2D eigenvalue weighted by molar-refractivity contribution is -0.396. The molecule has 2 aliphatic rings. The van der Waals surface area contributed by atoms with Crippen LogP contribution in [0.4, 0.5) is 5.95 Å². The molecule has 2 aromatic carbocycles. The van der Waals surface area contributed by atoms with Crippen LogP contribution < -0.4 is 4.72 Å². The Morgan fingerprint density at radius 3 is 2.63 bits per heavy atom. The molecule has 2 fully saturated rings. The van der Waals surface area contributed by atoms with E-state index in [0.29, 0.717) is 30.3 Å². The molecule has 38 heavy (non-hydrogen) atoms.